The van der Waals surface area contributed by atoms with Crippen LogP contribution in [0.3, 0.4) is 0 Å². The number of hydrogen-bond acceptors (Lipinski definition) is 3. The predicted molar refractivity (Wildman–Crippen MR) is 75.3 cm³/mol. The monoisotopic (exact) mass is 255 g/mol. The summed E-state index contributed by atoms with van der Waals surface area (Å²) in [5, 5.41) is 3.23. The predicted octanol–water partition coefficient (Wildman–Crippen LogP) is 1.35. The number of rotatable bonds is 9. The molecule has 1 fully saturated rings. The number of likely N-dealkylation sites (tertiary alicyclic amines) is 1. The summed E-state index contributed by atoms with van der Waals surface area (Å²) >= 11 is 0. The summed E-state index contributed by atoms with van der Waals surface area (Å²) in [4.78, 5) is 13.8. The number of nitrogens with zero attached hydrogens (tertiary/aromatic N) is 1. The molecule has 1 amide bonds. The summed E-state index contributed by atoms with van der Waals surface area (Å²) in [7, 11) is 0. The SMILES string of the molecule is CCCNC(CCN1CCC(CCC)C1)C(N)=O. The summed E-state index contributed by atoms with van der Waals surface area (Å²) in [6.07, 6.45) is 5.81. The molecule has 0 spiro atoms. The molecule has 1 rings (SSSR count). The molecular formula is C14H29N3O. The highest BCUT2D eigenvalue weighted by atomic mass is 16.1. The number of primary amides is 1. The third-order valence-electron chi connectivity index (χ3n) is 3.79. The zero-order valence-electron chi connectivity index (χ0n) is 12.0. The molecule has 0 aromatic carbocycles. The van der Waals surface area contributed by atoms with E-state index in [4.69, 9.17) is 5.73 Å². The summed E-state index contributed by atoms with van der Waals surface area (Å²) in [5.41, 5.74) is 5.42. The van der Waals surface area contributed by atoms with Gasteiger partial charge in [-0.25, -0.2) is 0 Å². The van der Waals surface area contributed by atoms with Gasteiger partial charge in [0.05, 0.1) is 6.04 Å². The summed E-state index contributed by atoms with van der Waals surface area (Å²) < 4.78 is 0. The van der Waals surface area contributed by atoms with Gasteiger partial charge < -0.3 is 16.0 Å². The van der Waals surface area contributed by atoms with E-state index in [1.54, 1.807) is 0 Å². The van der Waals surface area contributed by atoms with E-state index in [1.807, 2.05) is 0 Å². The molecule has 2 unspecified atom stereocenters. The van der Waals surface area contributed by atoms with E-state index in [2.05, 4.69) is 24.1 Å². The van der Waals surface area contributed by atoms with Crippen LogP contribution in [0.25, 0.3) is 0 Å². The lowest BCUT2D eigenvalue weighted by molar-refractivity contribution is -0.120. The van der Waals surface area contributed by atoms with Crippen molar-refractivity contribution in [3.8, 4) is 0 Å². The Morgan fingerprint density at radius 2 is 2.22 bits per heavy atom. The van der Waals surface area contributed by atoms with E-state index in [0.717, 1.165) is 31.8 Å². The van der Waals surface area contributed by atoms with E-state index in [-0.39, 0.29) is 11.9 Å². The molecule has 1 saturated heterocycles. The maximum absolute atomic E-state index is 11.3. The third-order valence-corrected chi connectivity index (χ3v) is 3.79. The molecule has 2 atom stereocenters. The first-order valence-corrected chi connectivity index (χ1v) is 7.42. The first kappa shape index (κ1) is 15.4. The largest absolute Gasteiger partial charge is 0.368 e. The fourth-order valence-corrected chi connectivity index (χ4v) is 2.73. The van der Waals surface area contributed by atoms with Crippen LogP contribution >= 0.6 is 0 Å². The molecule has 4 heteroatoms. The van der Waals surface area contributed by atoms with Gasteiger partial charge in [-0.15, -0.1) is 0 Å². The van der Waals surface area contributed by atoms with E-state index in [0.29, 0.717) is 0 Å². The van der Waals surface area contributed by atoms with Gasteiger partial charge in [-0.2, -0.15) is 0 Å². The molecule has 1 aliphatic rings. The fourth-order valence-electron chi connectivity index (χ4n) is 2.73. The van der Waals surface area contributed by atoms with Crippen molar-refractivity contribution in [2.45, 2.75) is 52.0 Å². The minimum absolute atomic E-state index is 0.157. The van der Waals surface area contributed by atoms with Crippen molar-refractivity contribution in [3.05, 3.63) is 0 Å². The second-order valence-corrected chi connectivity index (χ2v) is 5.44. The average Bonchev–Trinajstić information content (AvgIpc) is 2.77. The summed E-state index contributed by atoms with van der Waals surface area (Å²) in [6, 6.07) is -0.157. The average molecular weight is 255 g/mol. The van der Waals surface area contributed by atoms with Crippen LogP contribution in [0.1, 0.15) is 46.0 Å². The standard InChI is InChI=1S/C14H29N3O/c1-3-5-12-6-9-17(11-12)10-7-13(14(15)18)16-8-4-2/h12-13,16H,3-11H2,1-2H3,(H2,15,18). The Morgan fingerprint density at radius 1 is 1.44 bits per heavy atom. The zero-order chi connectivity index (χ0) is 13.4. The van der Waals surface area contributed by atoms with Crippen molar-refractivity contribution >= 4 is 5.91 Å². The van der Waals surface area contributed by atoms with E-state index < -0.39 is 0 Å². The van der Waals surface area contributed by atoms with E-state index in [9.17, 15) is 4.79 Å². The van der Waals surface area contributed by atoms with Crippen molar-refractivity contribution in [1.82, 2.24) is 10.2 Å². The molecule has 106 valence electrons. The Kier molecular flexibility index (Phi) is 7.28. The number of amides is 1. The smallest absolute Gasteiger partial charge is 0.234 e. The van der Waals surface area contributed by atoms with Crippen LogP contribution in [0.4, 0.5) is 0 Å². The van der Waals surface area contributed by atoms with Crippen molar-refractivity contribution < 1.29 is 4.79 Å². The van der Waals surface area contributed by atoms with E-state index in [1.165, 1.54) is 32.4 Å². The first-order valence-electron chi connectivity index (χ1n) is 7.42. The third kappa shape index (κ3) is 5.36. The highest BCUT2D eigenvalue weighted by molar-refractivity contribution is 5.79. The molecule has 18 heavy (non-hydrogen) atoms. The van der Waals surface area contributed by atoms with Gasteiger partial charge in [0, 0.05) is 13.1 Å². The molecule has 0 saturated carbocycles. The van der Waals surface area contributed by atoms with Crippen molar-refractivity contribution in [3.63, 3.8) is 0 Å². The van der Waals surface area contributed by atoms with Crippen LogP contribution in [0.2, 0.25) is 0 Å². The number of hydrogen-bond donors (Lipinski definition) is 2. The maximum atomic E-state index is 11.3. The van der Waals surface area contributed by atoms with Gasteiger partial charge >= 0.3 is 0 Å². The molecule has 0 bridgehead atoms. The van der Waals surface area contributed by atoms with Crippen LogP contribution in [0, 0.1) is 5.92 Å². The molecule has 1 aliphatic heterocycles. The van der Waals surface area contributed by atoms with Gasteiger partial charge in [-0.1, -0.05) is 20.3 Å². The lowest BCUT2D eigenvalue weighted by Gasteiger charge is -2.20. The Balaban J connectivity index is 2.23. The minimum atomic E-state index is -0.215. The second kappa shape index (κ2) is 8.48. The van der Waals surface area contributed by atoms with Crippen LogP contribution in [-0.2, 0) is 4.79 Å². The Labute approximate surface area is 111 Å². The van der Waals surface area contributed by atoms with Crippen LogP contribution < -0.4 is 11.1 Å². The number of nitrogens with one attached hydrogen (secondary N) is 1. The Hall–Kier alpha value is -0.610. The Morgan fingerprint density at radius 3 is 2.83 bits per heavy atom. The molecular weight excluding hydrogens is 226 g/mol. The molecule has 3 N–H and O–H groups in total. The lowest BCUT2D eigenvalue weighted by Crippen LogP contribution is -2.43. The van der Waals surface area contributed by atoms with Gasteiger partial charge in [0.25, 0.3) is 0 Å². The molecule has 0 aromatic heterocycles. The van der Waals surface area contributed by atoms with Gasteiger partial charge in [0.2, 0.25) is 5.91 Å². The van der Waals surface area contributed by atoms with Crippen molar-refractivity contribution in [2.24, 2.45) is 11.7 Å². The summed E-state index contributed by atoms with van der Waals surface area (Å²) in [5.74, 6) is 0.651. The number of nitrogens with two attached hydrogens (primary N) is 1. The highest BCUT2D eigenvalue weighted by Crippen LogP contribution is 2.20. The van der Waals surface area contributed by atoms with Gasteiger partial charge in [0.1, 0.15) is 0 Å². The van der Waals surface area contributed by atoms with Crippen LogP contribution in [0.5, 0.6) is 0 Å². The van der Waals surface area contributed by atoms with Crippen LogP contribution in [0.15, 0.2) is 0 Å². The zero-order valence-corrected chi connectivity index (χ0v) is 12.0. The molecule has 0 radical (unpaired) electrons. The molecule has 1 heterocycles. The maximum Gasteiger partial charge on any atom is 0.234 e. The van der Waals surface area contributed by atoms with Gasteiger partial charge in [-0.05, 0) is 44.7 Å². The van der Waals surface area contributed by atoms with Gasteiger partial charge in [0.15, 0.2) is 0 Å². The highest BCUT2D eigenvalue weighted by Gasteiger charge is 2.23. The number of carbonyl (C=O) groups is 1. The normalized spacial score (nSPS) is 22.2. The molecule has 4 nitrogen and oxygen atoms in total. The minimum Gasteiger partial charge on any atom is -0.368 e. The quantitative estimate of drug-likeness (QED) is 0.654. The van der Waals surface area contributed by atoms with E-state index >= 15 is 0 Å². The van der Waals surface area contributed by atoms with Crippen molar-refractivity contribution in [2.75, 3.05) is 26.2 Å². The second-order valence-electron chi connectivity index (χ2n) is 5.44. The molecule has 0 aromatic rings. The lowest BCUT2D eigenvalue weighted by atomic mass is 10.0. The molecule has 0 aliphatic carbocycles. The fraction of sp³-hybridized carbons (Fsp3) is 0.929. The van der Waals surface area contributed by atoms with Crippen molar-refractivity contribution in [1.29, 1.82) is 0 Å². The summed E-state index contributed by atoms with van der Waals surface area (Å²) in [6.45, 7) is 8.59. The topological polar surface area (TPSA) is 58.4 Å². The van der Waals surface area contributed by atoms with Crippen LogP contribution in [-0.4, -0.2) is 43.0 Å². The Bertz CT molecular complexity index is 245. The first-order chi connectivity index (χ1) is 8.67. The van der Waals surface area contributed by atoms with Gasteiger partial charge in [-0.3, -0.25) is 4.79 Å². The number of carbonyl (C=O) groups excluding carboxylic acids is 1.